The first kappa shape index (κ1) is 21.2. The molecule has 35 heavy (non-hydrogen) atoms. The summed E-state index contributed by atoms with van der Waals surface area (Å²) >= 11 is 4.77. The monoisotopic (exact) mass is 528 g/mol. The van der Waals surface area contributed by atoms with Gasteiger partial charge in [0, 0.05) is 27.3 Å². The van der Waals surface area contributed by atoms with Crippen molar-refractivity contribution in [2.75, 3.05) is 46.8 Å². The Bertz CT molecular complexity index is 1340. The lowest BCUT2D eigenvalue weighted by atomic mass is 9.99. The van der Waals surface area contributed by atoms with E-state index < -0.39 is 0 Å². The number of thiophene rings is 3. The fraction of sp³-hybridized carbons (Fsp3) is 0.280. The van der Waals surface area contributed by atoms with E-state index in [-0.39, 0.29) is 0 Å². The van der Waals surface area contributed by atoms with E-state index in [0.29, 0.717) is 39.6 Å². The van der Waals surface area contributed by atoms with Gasteiger partial charge in [0.1, 0.15) is 45.4 Å². The zero-order valence-corrected chi connectivity index (χ0v) is 21.2. The van der Waals surface area contributed by atoms with Crippen LogP contribution in [0, 0.1) is 0 Å². The summed E-state index contributed by atoms with van der Waals surface area (Å²) in [5.74, 6) is 5.34. The second-order valence-corrected chi connectivity index (χ2v) is 10.6. The highest BCUT2D eigenvalue weighted by Gasteiger charge is 2.29. The molecule has 0 amide bonds. The van der Waals surface area contributed by atoms with Crippen molar-refractivity contribution < 1.29 is 33.2 Å². The number of fused-ring (bicyclic) bond motifs is 3. The molecule has 10 heteroatoms. The standard InChI is InChI=1S/C25H20O7S3/c1-26-19-14(24-21-17(11-34-24)28-3-6-31-21)8-13(23-20-16(10-33-23)27-2-5-30-20)9-15(19)25-22-18(12-35-25)29-4-7-32-22/h8-12H,2-7H2,1H3. The molecule has 0 saturated heterocycles. The zero-order chi connectivity index (χ0) is 23.4. The van der Waals surface area contributed by atoms with Gasteiger partial charge in [0.2, 0.25) is 0 Å². The molecular weight excluding hydrogens is 508 g/mol. The van der Waals surface area contributed by atoms with Crippen molar-refractivity contribution in [3.05, 3.63) is 28.3 Å². The van der Waals surface area contributed by atoms with E-state index in [9.17, 15) is 0 Å². The molecule has 3 aliphatic heterocycles. The Morgan fingerprint density at radius 2 is 0.971 bits per heavy atom. The van der Waals surface area contributed by atoms with Crippen LogP contribution in [0.1, 0.15) is 0 Å². The fourth-order valence-corrected chi connectivity index (χ4v) is 7.29. The molecule has 3 aromatic heterocycles. The van der Waals surface area contributed by atoms with Crippen molar-refractivity contribution >= 4 is 34.0 Å². The third kappa shape index (κ3) is 3.42. The molecule has 3 aliphatic rings. The largest absolute Gasteiger partial charge is 0.495 e. The molecule has 4 aromatic rings. The summed E-state index contributed by atoms with van der Waals surface area (Å²) in [7, 11) is 1.70. The summed E-state index contributed by atoms with van der Waals surface area (Å²) in [6.07, 6.45) is 0. The maximum atomic E-state index is 6.06. The Morgan fingerprint density at radius 1 is 0.571 bits per heavy atom. The van der Waals surface area contributed by atoms with E-state index in [4.69, 9.17) is 33.2 Å². The fourth-order valence-electron chi connectivity index (χ4n) is 4.48. The highest BCUT2D eigenvalue weighted by molar-refractivity contribution is 7.15. The van der Waals surface area contributed by atoms with Crippen LogP contribution in [0.5, 0.6) is 40.2 Å². The SMILES string of the molecule is COc1c(-c2scc3c2OCCO3)cc(-c2scc3c2OCCO3)cc1-c1scc2c1OCCO2. The lowest BCUT2D eigenvalue weighted by Gasteiger charge is -2.21. The van der Waals surface area contributed by atoms with Crippen molar-refractivity contribution in [3.8, 4) is 71.6 Å². The minimum atomic E-state index is 0.513. The van der Waals surface area contributed by atoms with E-state index in [2.05, 4.69) is 12.1 Å². The van der Waals surface area contributed by atoms with Crippen LogP contribution in [0.3, 0.4) is 0 Å². The smallest absolute Gasteiger partial charge is 0.180 e. The average Bonchev–Trinajstić information content (AvgIpc) is 3.64. The van der Waals surface area contributed by atoms with Gasteiger partial charge >= 0.3 is 0 Å². The number of rotatable bonds is 4. The van der Waals surface area contributed by atoms with Gasteiger partial charge in [0.05, 0.1) is 21.7 Å². The van der Waals surface area contributed by atoms with Crippen LogP contribution in [-0.2, 0) is 0 Å². The maximum Gasteiger partial charge on any atom is 0.180 e. The molecular formula is C25H20O7S3. The summed E-state index contributed by atoms with van der Waals surface area (Å²) in [5, 5.41) is 5.98. The van der Waals surface area contributed by atoms with Gasteiger partial charge in [-0.05, 0) is 17.7 Å². The van der Waals surface area contributed by atoms with Crippen molar-refractivity contribution in [2.24, 2.45) is 0 Å². The Kier molecular flexibility index (Phi) is 5.18. The van der Waals surface area contributed by atoms with Gasteiger partial charge in [-0.3, -0.25) is 0 Å². The summed E-state index contributed by atoms with van der Waals surface area (Å²) < 4.78 is 41.6. The molecule has 1 aromatic carbocycles. The third-order valence-corrected chi connectivity index (χ3v) is 8.88. The number of methoxy groups -OCH3 is 1. The van der Waals surface area contributed by atoms with Crippen LogP contribution >= 0.6 is 34.0 Å². The second-order valence-electron chi connectivity index (χ2n) is 7.97. The highest BCUT2D eigenvalue weighted by atomic mass is 32.1. The minimum Gasteiger partial charge on any atom is -0.495 e. The third-order valence-electron chi connectivity index (χ3n) is 5.95. The van der Waals surface area contributed by atoms with E-state index in [1.807, 2.05) is 16.1 Å². The molecule has 7 nitrogen and oxygen atoms in total. The molecule has 0 spiro atoms. The summed E-state index contributed by atoms with van der Waals surface area (Å²) in [5.41, 5.74) is 2.86. The molecule has 0 bridgehead atoms. The molecule has 6 heterocycles. The maximum absolute atomic E-state index is 6.06. The summed E-state index contributed by atoms with van der Waals surface area (Å²) in [4.78, 5) is 2.93. The molecule has 0 N–H and O–H groups in total. The van der Waals surface area contributed by atoms with Gasteiger partial charge in [-0.2, -0.15) is 0 Å². The topological polar surface area (TPSA) is 64.6 Å². The first-order valence-electron chi connectivity index (χ1n) is 11.2. The predicted octanol–water partition coefficient (Wildman–Crippen LogP) is 6.19. The van der Waals surface area contributed by atoms with Crippen LogP contribution in [0.4, 0.5) is 0 Å². The molecule has 0 saturated carbocycles. The van der Waals surface area contributed by atoms with Gasteiger partial charge < -0.3 is 33.2 Å². The van der Waals surface area contributed by atoms with E-state index in [1.54, 1.807) is 41.1 Å². The first-order valence-corrected chi connectivity index (χ1v) is 13.8. The zero-order valence-electron chi connectivity index (χ0n) is 18.7. The van der Waals surface area contributed by atoms with E-state index in [0.717, 1.165) is 71.6 Å². The summed E-state index contributed by atoms with van der Waals surface area (Å²) in [6.45, 7) is 3.20. The number of ether oxygens (including phenoxy) is 7. The van der Waals surface area contributed by atoms with Crippen molar-refractivity contribution in [2.45, 2.75) is 0 Å². The highest BCUT2D eigenvalue weighted by Crippen LogP contribution is 2.56. The van der Waals surface area contributed by atoms with Crippen molar-refractivity contribution in [1.82, 2.24) is 0 Å². The molecule has 0 fully saturated rings. The molecule has 0 unspecified atom stereocenters. The van der Waals surface area contributed by atoms with Gasteiger partial charge in [-0.25, -0.2) is 0 Å². The average molecular weight is 529 g/mol. The van der Waals surface area contributed by atoms with Crippen LogP contribution in [0.25, 0.3) is 31.3 Å². The quantitative estimate of drug-likeness (QED) is 0.313. The van der Waals surface area contributed by atoms with Gasteiger partial charge in [0.25, 0.3) is 0 Å². The molecule has 0 atom stereocenters. The van der Waals surface area contributed by atoms with Gasteiger partial charge in [-0.15, -0.1) is 34.0 Å². The Morgan fingerprint density at radius 3 is 1.43 bits per heavy atom. The minimum absolute atomic E-state index is 0.513. The van der Waals surface area contributed by atoms with Crippen LogP contribution in [0.15, 0.2) is 28.3 Å². The normalized spacial score (nSPS) is 15.7. The summed E-state index contributed by atoms with van der Waals surface area (Å²) in [6, 6.07) is 4.27. The van der Waals surface area contributed by atoms with Crippen molar-refractivity contribution in [3.63, 3.8) is 0 Å². The molecule has 7 rings (SSSR count). The second kappa shape index (κ2) is 8.54. The van der Waals surface area contributed by atoms with Crippen LogP contribution in [0.2, 0.25) is 0 Å². The number of benzene rings is 1. The lowest BCUT2D eigenvalue weighted by molar-refractivity contribution is 0.174. The Labute approximate surface area is 213 Å². The van der Waals surface area contributed by atoms with Crippen molar-refractivity contribution in [1.29, 1.82) is 0 Å². The van der Waals surface area contributed by atoms with Gasteiger partial charge in [-0.1, -0.05) is 0 Å². The predicted molar refractivity (Wildman–Crippen MR) is 136 cm³/mol. The molecule has 0 radical (unpaired) electrons. The number of hydrogen-bond acceptors (Lipinski definition) is 10. The number of hydrogen-bond donors (Lipinski definition) is 0. The molecule has 0 aliphatic carbocycles. The first-order chi connectivity index (χ1) is 17.3. The Hall–Kier alpha value is -3.08. The Balaban J connectivity index is 1.48. The van der Waals surface area contributed by atoms with Crippen LogP contribution < -0.4 is 33.2 Å². The van der Waals surface area contributed by atoms with E-state index >= 15 is 0 Å². The lowest BCUT2D eigenvalue weighted by Crippen LogP contribution is -2.14. The van der Waals surface area contributed by atoms with Crippen LogP contribution in [-0.4, -0.2) is 46.8 Å². The van der Waals surface area contributed by atoms with E-state index in [1.165, 1.54) is 0 Å². The van der Waals surface area contributed by atoms with Gasteiger partial charge in [0.15, 0.2) is 34.5 Å². The molecule has 180 valence electrons.